The van der Waals surface area contributed by atoms with Gasteiger partial charge in [-0.1, -0.05) is 52.1 Å². The van der Waals surface area contributed by atoms with Crippen molar-refractivity contribution < 1.29 is 28.3 Å². The van der Waals surface area contributed by atoms with E-state index < -0.39 is 17.8 Å². The Balaban J connectivity index is 0.801. The van der Waals surface area contributed by atoms with Gasteiger partial charge in [0.05, 0.1) is 21.8 Å². The molecule has 14 heteroatoms. The molecule has 1 unspecified atom stereocenters. The Morgan fingerprint density at radius 2 is 1.76 bits per heavy atom. The minimum Gasteiger partial charge on any atom is -0.489 e. The molecule has 3 fully saturated rings. The second-order valence-corrected chi connectivity index (χ2v) is 17.6. The van der Waals surface area contributed by atoms with E-state index in [1.807, 2.05) is 17.0 Å². The van der Waals surface area contributed by atoms with E-state index >= 15 is 4.39 Å². The van der Waals surface area contributed by atoms with Gasteiger partial charge in [-0.05, 0) is 74.2 Å². The Bertz CT molecular complexity index is 2110. The molecule has 1 saturated carbocycles. The number of aryl methyl sites for hydroxylation is 1. The quantitative estimate of drug-likeness (QED) is 0.156. The number of nitriles is 1. The van der Waals surface area contributed by atoms with Crippen LogP contribution in [0.1, 0.15) is 104 Å². The lowest BCUT2D eigenvalue weighted by atomic mass is 9.49. The second-order valence-electron chi connectivity index (χ2n) is 17.2. The highest BCUT2D eigenvalue weighted by Crippen LogP contribution is 2.55. The van der Waals surface area contributed by atoms with Gasteiger partial charge in [0.25, 0.3) is 11.8 Å². The second kappa shape index (κ2) is 16.7. The van der Waals surface area contributed by atoms with E-state index in [-0.39, 0.29) is 65.6 Å². The maximum absolute atomic E-state index is 15.3. The van der Waals surface area contributed by atoms with Crippen LogP contribution < -0.4 is 20.3 Å². The van der Waals surface area contributed by atoms with Crippen molar-refractivity contribution in [2.24, 2.45) is 10.8 Å². The Kier molecular flexibility index (Phi) is 11.8. The van der Waals surface area contributed by atoms with Crippen LogP contribution in [0, 0.1) is 28.0 Å². The number of imide groups is 1. The normalized spacial score (nSPS) is 22.5. The Labute approximate surface area is 344 Å². The summed E-state index contributed by atoms with van der Waals surface area (Å²) in [6, 6.07) is 13.1. The van der Waals surface area contributed by atoms with Gasteiger partial charge in [0.1, 0.15) is 29.8 Å². The van der Waals surface area contributed by atoms with Crippen LogP contribution in [0.15, 0.2) is 48.7 Å². The number of fused-ring (bicyclic) bond motifs is 1. The summed E-state index contributed by atoms with van der Waals surface area (Å²) in [4.78, 5) is 60.8. The largest absolute Gasteiger partial charge is 0.489 e. The van der Waals surface area contributed by atoms with Crippen LogP contribution >= 0.6 is 11.6 Å². The molecule has 3 aliphatic heterocycles. The number of carbonyl (C=O) groups excluding carboxylic acids is 4. The van der Waals surface area contributed by atoms with E-state index in [1.165, 1.54) is 11.0 Å². The average molecular weight is 812 g/mol. The molecule has 2 aromatic carbocycles. The zero-order valence-corrected chi connectivity index (χ0v) is 34.3. The number of ether oxygens (including phenoxy) is 1. The summed E-state index contributed by atoms with van der Waals surface area (Å²) in [5.74, 6) is -1.21. The molecule has 1 aromatic heterocycles. The molecule has 0 bridgehead atoms. The number of amides is 4. The minimum absolute atomic E-state index is 0.141. The summed E-state index contributed by atoms with van der Waals surface area (Å²) in [5.41, 5.74) is 2.62. The topological polar surface area (TPSA) is 148 Å². The molecular weight excluding hydrogens is 761 g/mol. The van der Waals surface area contributed by atoms with Crippen LogP contribution in [-0.2, 0) is 22.6 Å². The van der Waals surface area contributed by atoms with Gasteiger partial charge in [-0.2, -0.15) is 5.26 Å². The molecule has 3 aromatic rings. The summed E-state index contributed by atoms with van der Waals surface area (Å²) < 4.78 is 21.7. The van der Waals surface area contributed by atoms with Crippen molar-refractivity contribution in [3.8, 4) is 11.8 Å². The van der Waals surface area contributed by atoms with Crippen molar-refractivity contribution >= 4 is 40.9 Å². The molecule has 2 saturated heterocycles. The van der Waals surface area contributed by atoms with Crippen LogP contribution in [0.3, 0.4) is 0 Å². The number of nitrogens with zero attached hydrogens (tertiary/aromatic N) is 5. The average Bonchev–Trinajstić information content (AvgIpc) is 3.51. The summed E-state index contributed by atoms with van der Waals surface area (Å²) in [6.45, 7) is 12.5. The van der Waals surface area contributed by atoms with Gasteiger partial charge < -0.3 is 19.9 Å². The van der Waals surface area contributed by atoms with Crippen molar-refractivity contribution in [2.75, 3.05) is 37.6 Å². The van der Waals surface area contributed by atoms with E-state index in [0.717, 1.165) is 57.4 Å². The summed E-state index contributed by atoms with van der Waals surface area (Å²) in [5, 5.41) is 15.1. The number of pyridine rings is 1. The highest BCUT2D eigenvalue weighted by Gasteiger charge is 2.64. The highest BCUT2D eigenvalue weighted by molar-refractivity contribution is 6.31. The van der Waals surface area contributed by atoms with Crippen molar-refractivity contribution in [3.63, 3.8) is 0 Å². The smallest absolute Gasteiger partial charge is 0.255 e. The molecule has 306 valence electrons. The van der Waals surface area contributed by atoms with Gasteiger partial charge in [-0.3, -0.25) is 34.4 Å². The Morgan fingerprint density at radius 3 is 2.43 bits per heavy atom. The standard InChI is InChI=1S/C44H51ClFN7O5/c1-43(2)41(44(3,4)42(43)58-31-13-11-27(24-47)33(45)22-31)50-38(55)28-10-12-30(48-25-28)9-7-5-6-8-16-51-17-19-52(20-18-51)36-21-29-26-53(40(57)32(29)23-34(36)46)35-14-15-37(54)49-39(35)56/h10-13,21-23,25,35,41-42H,5-9,14-20,26H2,1-4H3,(H,50,55)(H,49,54,56)/t35?,41-,42-. The van der Waals surface area contributed by atoms with Gasteiger partial charge in [0.2, 0.25) is 11.8 Å². The first kappa shape index (κ1) is 41.1. The molecule has 1 aliphatic carbocycles. The Hall–Kier alpha value is -5.06. The van der Waals surface area contributed by atoms with Crippen LogP contribution in [0.2, 0.25) is 5.02 Å². The third kappa shape index (κ3) is 8.27. The number of hydrogen-bond donors (Lipinski definition) is 2. The van der Waals surface area contributed by atoms with Gasteiger partial charge in [0, 0.05) is 79.5 Å². The van der Waals surface area contributed by atoms with Crippen LogP contribution in [0.4, 0.5) is 10.1 Å². The predicted octanol–water partition coefficient (Wildman–Crippen LogP) is 6.04. The molecule has 4 heterocycles. The third-order valence-corrected chi connectivity index (χ3v) is 12.8. The number of benzene rings is 2. The van der Waals surface area contributed by atoms with Crippen molar-refractivity contribution in [3.05, 3.63) is 87.4 Å². The molecule has 0 spiro atoms. The zero-order valence-electron chi connectivity index (χ0n) is 33.6. The van der Waals surface area contributed by atoms with Crippen molar-refractivity contribution in [1.29, 1.82) is 5.26 Å². The fraction of sp³-hybridized carbons (Fsp3) is 0.500. The molecule has 7 rings (SSSR count). The number of unbranched alkanes of at least 4 members (excludes halogenated alkanes) is 3. The molecular formula is C44H51ClFN7O5. The Morgan fingerprint density at radius 1 is 1.02 bits per heavy atom. The van der Waals surface area contributed by atoms with E-state index in [4.69, 9.17) is 16.3 Å². The van der Waals surface area contributed by atoms with Gasteiger partial charge in [-0.15, -0.1) is 0 Å². The number of halogens is 2. The van der Waals surface area contributed by atoms with E-state index in [2.05, 4.69) is 54.3 Å². The number of aromatic nitrogens is 1. The van der Waals surface area contributed by atoms with Crippen molar-refractivity contribution in [2.45, 2.75) is 97.4 Å². The lowest BCUT2D eigenvalue weighted by Gasteiger charge is -2.63. The molecule has 58 heavy (non-hydrogen) atoms. The number of nitrogens with one attached hydrogen (secondary N) is 2. The monoisotopic (exact) mass is 811 g/mol. The maximum atomic E-state index is 15.3. The molecule has 12 nitrogen and oxygen atoms in total. The number of piperazine rings is 1. The van der Waals surface area contributed by atoms with E-state index in [0.29, 0.717) is 46.2 Å². The fourth-order valence-corrected chi connectivity index (χ4v) is 9.76. The minimum atomic E-state index is -0.726. The first-order chi connectivity index (χ1) is 27.7. The van der Waals surface area contributed by atoms with Gasteiger partial charge in [0.15, 0.2) is 0 Å². The molecule has 4 aliphatic rings. The van der Waals surface area contributed by atoms with Crippen LogP contribution in [0.5, 0.6) is 5.75 Å². The number of anilines is 1. The predicted molar refractivity (Wildman–Crippen MR) is 217 cm³/mol. The molecule has 4 amide bonds. The lowest BCUT2D eigenvalue weighted by molar-refractivity contribution is -0.164. The first-order valence-electron chi connectivity index (χ1n) is 20.2. The van der Waals surface area contributed by atoms with Crippen molar-refractivity contribution in [1.82, 2.24) is 25.4 Å². The highest BCUT2D eigenvalue weighted by atomic mass is 35.5. The lowest BCUT2D eigenvalue weighted by Crippen LogP contribution is -2.74. The third-order valence-electron chi connectivity index (χ3n) is 12.5. The van der Waals surface area contributed by atoms with Gasteiger partial charge >= 0.3 is 0 Å². The fourth-order valence-electron chi connectivity index (χ4n) is 9.54. The number of piperidine rings is 1. The van der Waals surface area contributed by atoms with E-state index in [1.54, 1.807) is 30.5 Å². The zero-order chi connectivity index (χ0) is 41.4. The molecule has 2 N–H and O–H groups in total. The van der Waals surface area contributed by atoms with Crippen LogP contribution in [0.25, 0.3) is 0 Å². The van der Waals surface area contributed by atoms with Crippen LogP contribution in [-0.4, -0.2) is 89.3 Å². The SMILES string of the molecule is CC1(C)[C@H](NC(=O)c2ccc(CCCCCCN3CCN(c4cc5c(cc4F)C(=O)N(C4CCC(=O)NC4=O)C5)CC3)nc2)C(C)(C)[C@H]1Oc1ccc(C#N)c(Cl)c1. The summed E-state index contributed by atoms with van der Waals surface area (Å²) >= 11 is 6.23. The van der Waals surface area contributed by atoms with Gasteiger partial charge in [-0.25, -0.2) is 4.39 Å². The summed E-state index contributed by atoms with van der Waals surface area (Å²) in [7, 11) is 0. The molecule has 0 radical (unpaired) electrons. The molecule has 1 atom stereocenters. The van der Waals surface area contributed by atoms with E-state index in [9.17, 15) is 24.4 Å². The number of carbonyl (C=O) groups is 4. The number of rotatable bonds is 13. The maximum Gasteiger partial charge on any atom is 0.255 e. The number of hydrogen-bond acceptors (Lipinski definition) is 9. The summed E-state index contributed by atoms with van der Waals surface area (Å²) in [6.07, 6.45) is 6.98. The first-order valence-corrected chi connectivity index (χ1v) is 20.6.